The maximum Gasteiger partial charge on any atom is 1.00 e. The molecule has 12 heteroatoms. The first-order valence-electron chi connectivity index (χ1n) is 2.35. The van der Waals surface area contributed by atoms with Crippen molar-refractivity contribution in [3.63, 3.8) is 0 Å². The molecule has 0 spiro atoms. The van der Waals surface area contributed by atoms with E-state index in [1.165, 1.54) is 0 Å². The zero-order valence-corrected chi connectivity index (χ0v) is 7.79. The zero-order valence-electron chi connectivity index (χ0n) is 6.98. The third kappa shape index (κ3) is 19.5. The molecule has 1 N–H and O–H groups in total. The Hall–Kier alpha value is -0.853. The van der Waals surface area contributed by atoms with E-state index in [-0.39, 0.29) is 18.9 Å². The number of aliphatic carboxylic acids is 1. The fourth-order valence-electron chi connectivity index (χ4n) is 0.0471. The van der Waals surface area contributed by atoms with Crippen LogP contribution in [0.5, 0.6) is 0 Å². The summed E-state index contributed by atoms with van der Waals surface area (Å²) in [6, 6.07) is 0. The molecule has 0 bridgehead atoms. The molecule has 0 rings (SSSR count). The van der Waals surface area contributed by atoms with Crippen molar-refractivity contribution in [3.05, 3.63) is 0 Å². The average molecular weight is 243 g/mol. The number of carboxylic acid groups (broad SMARTS) is 1. The molecule has 0 aliphatic heterocycles. The minimum Gasteiger partial charge on any atom is -0.542 e. The molecule has 0 aromatic carbocycles. The quantitative estimate of drug-likeness (QED) is 0.214. The van der Waals surface area contributed by atoms with E-state index in [0.29, 0.717) is 6.08 Å². The second kappa shape index (κ2) is 7.44. The summed E-state index contributed by atoms with van der Waals surface area (Å²) in [5, 5.41) is 8.78. The average Bonchev–Trinajstić information content (AvgIpc) is 1.82. The molecule has 7 nitrogen and oxygen atoms in total. The molecule has 0 aliphatic rings. The van der Waals surface area contributed by atoms with Gasteiger partial charge >= 0.3 is 35.3 Å². The number of carbonyl (C=O) groups excluding carboxylic acids is 2. The van der Waals surface area contributed by atoms with Crippen molar-refractivity contribution in [3.8, 4) is 0 Å². The smallest absolute Gasteiger partial charge is 0.542 e. The molecule has 82 valence electrons. The van der Waals surface area contributed by atoms with E-state index < -0.39 is 22.4 Å². The van der Waals surface area contributed by atoms with Gasteiger partial charge in [-0.2, -0.15) is 21.6 Å². The standard InChI is InChI=1S/C2HF3O2.CHNO4S.Li/c3-2(4,5)1(6)7;3-1-2-7(4,5)6;/h(H,6,7);(H,4,5,6);/q;;+1/p-1. The van der Waals surface area contributed by atoms with Crippen LogP contribution in [0.2, 0.25) is 0 Å². The SMILES string of the molecule is O=C([O-])C(F)(F)F.O=C=NS(=O)(=O)O.[Li+]. The summed E-state index contributed by atoms with van der Waals surface area (Å²) in [5.41, 5.74) is 0. The molecular formula is C3HF3LiNO6S. The van der Waals surface area contributed by atoms with Crippen LogP contribution in [0, 0.1) is 0 Å². The number of alkyl halides is 3. The Morgan fingerprint density at radius 3 is 1.67 bits per heavy atom. The van der Waals surface area contributed by atoms with Gasteiger partial charge in [0.2, 0.25) is 0 Å². The summed E-state index contributed by atoms with van der Waals surface area (Å²) in [7, 11) is -4.47. The van der Waals surface area contributed by atoms with Crippen molar-refractivity contribution in [2.45, 2.75) is 6.18 Å². The second-order valence-corrected chi connectivity index (χ2v) is 2.49. The number of nitrogens with zero attached hydrogens (tertiary/aromatic N) is 1. The van der Waals surface area contributed by atoms with Crippen LogP contribution in [-0.4, -0.2) is 31.2 Å². The molecule has 0 aromatic heterocycles. The number of isocyanates is 1. The van der Waals surface area contributed by atoms with Gasteiger partial charge in [-0.05, 0) is 0 Å². The van der Waals surface area contributed by atoms with Crippen LogP contribution in [0.15, 0.2) is 4.40 Å². The van der Waals surface area contributed by atoms with Crippen molar-refractivity contribution < 1.29 is 59.7 Å². The Morgan fingerprint density at radius 1 is 1.40 bits per heavy atom. The summed E-state index contributed by atoms with van der Waals surface area (Å²) in [5.74, 6) is -3.01. The number of halogens is 3. The van der Waals surface area contributed by atoms with E-state index in [1.807, 2.05) is 4.40 Å². The monoisotopic (exact) mass is 243 g/mol. The van der Waals surface area contributed by atoms with E-state index in [0.717, 1.165) is 0 Å². The molecule has 0 radical (unpaired) electrons. The van der Waals surface area contributed by atoms with Gasteiger partial charge in [0.25, 0.3) is 6.08 Å². The number of carboxylic acids is 1. The van der Waals surface area contributed by atoms with Crippen LogP contribution in [0.4, 0.5) is 13.2 Å². The molecule has 0 aliphatic carbocycles. The Balaban J connectivity index is -0.000000180. The van der Waals surface area contributed by atoms with Crippen molar-refractivity contribution in [1.29, 1.82) is 0 Å². The van der Waals surface area contributed by atoms with Crippen LogP contribution in [-0.2, 0) is 19.9 Å². The first kappa shape index (κ1) is 19.7. The van der Waals surface area contributed by atoms with Crippen molar-refractivity contribution >= 4 is 22.4 Å². The molecule has 0 unspecified atom stereocenters. The van der Waals surface area contributed by atoms with Gasteiger partial charge in [0.15, 0.2) is 0 Å². The third-order valence-corrected chi connectivity index (χ3v) is 0.689. The Kier molecular flexibility index (Phi) is 9.76. The summed E-state index contributed by atoms with van der Waals surface area (Å²) >= 11 is 0. The van der Waals surface area contributed by atoms with Crippen LogP contribution in [0.1, 0.15) is 0 Å². The second-order valence-electron chi connectivity index (χ2n) is 1.42. The summed E-state index contributed by atoms with van der Waals surface area (Å²) < 4.78 is 59.8. The molecule has 0 amide bonds. The zero-order chi connectivity index (χ0) is 12.0. The number of rotatable bonds is 1. The molecule has 15 heavy (non-hydrogen) atoms. The molecule has 0 fully saturated rings. The minimum atomic E-state index is -5.19. The Morgan fingerprint density at radius 2 is 1.67 bits per heavy atom. The van der Waals surface area contributed by atoms with Gasteiger partial charge in [-0.15, -0.1) is 0 Å². The van der Waals surface area contributed by atoms with Crippen molar-refractivity contribution in [2.24, 2.45) is 4.40 Å². The van der Waals surface area contributed by atoms with Crippen molar-refractivity contribution in [2.75, 3.05) is 0 Å². The van der Waals surface area contributed by atoms with Crippen LogP contribution in [0.3, 0.4) is 0 Å². The summed E-state index contributed by atoms with van der Waals surface area (Å²) in [6.07, 6.45) is -4.55. The maximum atomic E-state index is 10.5. The summed E-state index contributed by atoms with van der Waals surface area (Å²) in [4.78, 5) is 17.8. The largest absolute Gasteiger partial charge is 1.00 e. The molecule has 0 heterocycles. The van der Waals surface area contributed by atoms with Crippen LogP contribution < -0.4 is 24.0 Å². The normalized spacial score (nSPS) is 9.87. The first-order chi connectivity index (χ1) is 6.00. The molecule has 0 saturated carbocycles. The summed E-state index contributed by atoms with van der Waals surface area (Å²) in [6.45, 7) is 0. The van der Waals surface area contributed by atoms with E-state index in [4.69, 9.17) is 19.2 Å². The van der Waals surface area contributed by atoms with Gasteiger partial charge in [-0.3, -0.25) is 4.55 Å². The minimum absolute atomic E-state index is 0. The number of hydrogen-bond donors (Lipinski definition) is 1. The fourth-order valence-corrected chi connectivity index (χ4v) is 0.141. The topological polar surface area (TPSA) is 124 Å². The molecule has 0 atom stereocenters. The third-order valence-electron chi connectivity index (χ3n) is 0.384. The Labute approximate surface area is 93.0 Å². The van der Waals surface area contributed by atoms with Gasteiger partial charge < -0.3 is 9.90 Å². The predicted molar refractivity (Wildman–Crippen MR) is 30.7 cm³/mol. The van der Waals surface area contributed by atoms with E-state index in [9.17, 15) is 21.6 Å². The van der Waals surface area contributed by atoms with Gasteiger partial charge in [0.05, 0.1) is 0 Å². The first-order valence-corrected chi connectivity index (χ1v) is 3.75. The van der Waals surface area contributed by atoms with Gasteiger partial charge in [0, 0.05) is 0 Å². The van der Waals surface area contributed by atoms with Crippen LogP contribution >= 0.6 is 0 Å². The van der Waals surface area contributed by atoms with Gasteiger partial charge in [-0.1, -0.05) is 4.40 Å². The van der Waals surface area contributed by atoms with E-state index in [1.54, 1.807) is 0 Å². The Bertz CT molecular complexity index is 343. The van der Waals surface area contributed by atoms with Gasteiger partial charge in [-0.25, -0.2) is 4.79 Å². The number of carbonyl (C=O) groups is 1. The van der Waals surface area contributed by atoms with Gasteiger partial charge in [0.1, 0.15) is 5.97 Å². The molecule has 0 saturated heterocycles. The maximum absolute atomic E-state index is 10.5. The predicted octanol–water partition coefficient (Wildman–Crippen LogP) is -4.57. The number of hydrogen-bond acceptors (Lipinski definition) is 5. The molecule has 0 aromatic rings. The van der Waals surface area contributed by atoms with E-state index >= 15 is 0 Å². The van der Waals surface area contributed by atoms with Crippen molar-refractivity contribution in [1.82, 2.24) is 0 Å². The molecular weight excluding hydrogens is 242 g/mol. The van der Waals surface area contributed by atoms with Crippen LogP contribution in [0.25, 0.3) is 0 Å². The fraction of sp³-hybridized carbons (Fsp3) is 0.333. The van der Waals surface area contributed by atoms with E-state index in [2.05, 4.69) is 0 Å².